The second kappa shape index (κ2) is 5.07. The van der Waals surface area contributed by atoms with Crippen LogP contribution in [0.15, 0.2) is 30.3 Å². The molecule has 1 aliphatic rings. The Morgan fingerprint density at radius 2 is 2.11 bits per heavy atom. The zero-order chi connectivity index (χ0) is 14.0. The van der Waals surface area contributed by atoms with E-state index in [2.05, 4.69) is 0 Å². The van der Waals surface area contributed by atoms with Crippen molar-refractivity contribution in [3.63, 3.8) is 0 Å². The molecular weight excluding hydrogens is 254 g/mol. The van der Waals surface area contributed by atoms with Gasteiger partial charge in [0, 0.05) is 7.92 Å². The lowest BCUT2D eigenvalue weighted by molar-refractivity contribution is -0.140. The maximum absolute atomic E-state index is 12.3. The first kappa shape index (κ1) is 11.7. The molecule has 6 heteroatoms. The van der Waals surface area contributed by atoms with Gasteiger partial charge in [-0.05, 0) is 18.4 Å². The lowest BCUT2D eigenvalue weighted by Crippen LogP contribution is -2.40. The number of sulfonamides is 1. The van der Waals surface area contributed by atoms with Crippen LogP contribution in [0.4, 0.5) is 0 Å². The Bertz CT molecular complexity index is 560. The second-order valence-corrected chi connectivity index (χ2v) is 5.92. The van der Waals surface area contributed by atoms with Gasteiger partial charge >= 0.3 is 5.97 Å². The van der Waals surface area contributed by atoms with Crippen LogP contribution >= 0.6 is 0 Å². The number of hydrogen-bond acceptors (Lipinski definition) is 3. The Kier molecular flexibility index (Phi) is 3.29. The van der Waals surface area contributed by atoms with E-state index in [1.807, 2.05) is 0 Å². The highest BCUT2D eigenvalue weighted by Crippen LogP contribution is 2.23. The van der Waals surface area contributed by atoms with Gasteiger partial charge in [-0.1, -0.05) is 30.3 Å². The predicted molar refractivity (Wildman–Crippen MR) is 66.4 cm³/mol. The number of rotatable bonds is 4. The monoisotopic (exact) mass is 270 g/mol. The predicted octanol–water partition coefficient (Wildman–Crippen LogP) is 1.07. The third-order valence-electron chi connectivity index (χ3n) is 2.90. The lowest BCUT2D eigenvalue weighted by Gasteiger charge is -2.20. The summed E-state index contributed by atoms with van der Waals surface area (Å²) in [6, 6.07) is 7.12. The minimum absolute atomic E-state index is 0.168. The summed E-state index contributed by atoms with van der Waals surface area (Å²) in [4.78, 5) is 11.1. The zero-order valence-electron chi connectivity index (χ0n) is 10.7. The zero-order valence-corrected chi connectivity index (χ0v) is 10.5. The fourth-order valence-corrected chi connectivity index (χ4v) is 3.63. The van der Waals surface area contributed by atoms with E-state index in [-0.39, 0.29) is 6.54 Å². The second-order valence-electron chi connectivity index (χ2n) is 4.18. The van der Waals surface area contributed by atoms with Gasteiger partial charge < -0.3 is 5.11 Å². The number of hydrogen-bond donors (Lipinski definition) is 1. The molecule has 1 saturated heterocycles. The molecule has 0 aromatic heterocycles. The van der Waals surface area contributed by atoms with E-state index in [0.29, 0.717) is 18.4 Å². The molecule has 1 fully saturated rings. The molecule has 0 saturated carbocycles. The molecule has 1 aromatic rings. The SMILES string of the molecule is [2H]C(c1ccccc1)S(=O)(=O)N1CCC[C@H]1C(=O)O. The highest BCUT2D eigenvalue weighted by Gasteiger charge is 2.38. The molecule has 2 atom stereocenters. The van der Waals surface area contributed by atoms with E-state index in [4.69, 9.17) is 6.48 Å². The third-order valence-corrected chi connectivity index (χ3v) is 4.56. The molecule has 1 N–H and O–H groups in total. The normalized spacial score (nSPS) is 23.6. The molecule has 0 radical (unpaired) electrons. The molecule has 1 aliphatic heterocycles. The summed E-state index contributed by atoms with van der Waals surface area (Å²) in [5.41, 5.74) is -1.13. The van der Waals surface area contributed by atoms with Crippen molar-refractivity contribution < 1.29 is 19.7 Å². The first-order valence-electron chi connectivity index (χ1n) is 6.23. The summed E-state index contributed by atoms with van der Waals surface area (Å²) < 4.78 is 33.5. The molecule has 0 spiro atoms. The van der Waals surface area contributed by atoms with E-state index in [0.717, 1.165) is 4.31 Å². The van der Waals surface area contributed by atoms with Crippen LogP contribution in [-0.4, -0.2) is 36.4 Å². The Balaban J connectivity index is 2.30. The van der Waals surface area contributed by atoms with Crippen LogP contribution in [0.1, 0.15) is 19.8 Å². The molecule has 2 rings (SSSR count). The first-order valence-corrected chi connectivity index (χ1v) is 7.15. The summed E-state index contributed by atoms with van der Waals surface area (Å²) in [6.07, 6.45) is 0.813. The number of nitrogens with zero attached hydrogens (tertiary/aromatic N) is 1. The largest absolute Gasteiger partial charge is 0.480 e. The quantitative estimate of drug-likeness (QED) is 0.888. The topological polar surface area (TPSA) is 74.7 Å². The van der Waals surface area contributed by atoms with Crippen LogP contribution in [0, 0.1) is 0 Å². The van der Waals surface area contributed by atoms with Gasteiger partial charge in [0.25, 0.3) is 0 Å². The van der Waals surface area contributed by atoms with E-state index < -0.39 is 27.8 Å². The Morgan fingerprint density at radius 1 is 1.44 bits per heavy atom. The van der Waals surface area contributed by atoms with Gasteiger partial charge in [-0.25, -0.2) is 8.42 Å². The molecule has 1 heterocycles. The Labute approximate surface area is 107 Å². The van der Waals surface area contributed by atoms with Crippen molar-refractivity contribution in [1.82, 2.24) is 4.31 Å². The average Bonchev–Trinajstić information content (AvgIpc) is 2.89. The standard InChI is InChI=1S/C12H15NO4S/c14-12(15)11-7-4-8-13(11)18(16,17)9-10-5-2-1-3-6-10/h1-3,5-6,11H,4,7-9H2,(H,14,15)/t11-/m0/s1/i9D/t9?,11-. The molecule has 0 aliphatic carbocycles. The van der Waals surface area contributed by atoms with Crippen LogP contribution in [0.2, 0.25) is 0 Å². The van der Waals surface area contributed by atoms with Crippen molar-refractivity contribution in [2.24, 2.45) is 0 Å². The summed E-state index contributed by atoms with van der Waals surface area (Å²) >= 11 is 0. The molecule has 0 amide bonds. The molecule has 5 nitrogen and oxygen atoms in total. The van der Waals surface area contributed by atoms with Crippen molar-refractivity contribution in [3.05, 3.63) is 35.9 Å². The third kappa shape index (κ3) is 2.70. The van der Waals surface area contributed by atoms with Crippen LogP contribution in [0.25, 0.3) is 0 Å². The van der Waals surface area contributed by atoms with E-state index in [9.17, 15) is 13.2 Å². The first-order chi connectivity index (χ1) is 8.94. The minimum atomic E-state index is -3.97. The molecule has 18 heavy (non-hydrogen) atoms. The summed E-state index contributed by atoms with van der Waals surface area (Å²) in [6.45, 7) is 0.168. The molecular formula is C12H15NO4S. The van der Waals surface area contributed by atoms with Crippen LogP contribution in [0.3, 0.4) is 0 Å². The van der Waals surface area contributed by atoms with Gasteiger partial charge in [0.15, 0.2) is 0 Å². The minimum Gasteiger partial charge on any atom is -0.480 e. The van der Waals surface area contributed by atoms with Crippen molar-refractivity contribution >= 4 is 16.0 Å². The number of aliphatic carboxylic acids is 1. The van der Waals surface area contributed by atoms with Crippen molar-refractivity contribution in [1.29, 1.82) is 0 Å². The number of carboxylic acids is 1. The fourth-order valence-electron chi connectivity index (χ4n) is 2.06. The van der Waals surface area contributed by atoms with Gasteiger partial charge in [0.05, 0.1) is 5.73 Å². The Morgan fingerprint density at radius 3 is 2.72 bits per heavy atom. The van der Waals surface area contributed by atoms with Gasteiger partial charge in [-0.15, -0.1) is 0 Å². The maximum Gasteiger partial charge on any atom is 0.322 e. The van der Waals surface area contributed by atoms with Gasteiger partial charge in [0.2, 0.25) is 10.0 Å². The summed E-state index contributed by atoms with van der Waals surface area (Å²) in [5.74, 6) is -1.15. The molecule has 0 bridgehead atoms. The van der Waals surface area contributed by atoms with E-state index in [1.165, 1.54) is 0 Å². The van der Waals surface area contributed by atoms with Gasteiger partial charge in [0.1, 0.15) is 6.04 Å². The number of carboxylic acid groups (broad SMARTS) is 1. The highest BCUT2D eigenvalue weighted by molar-refractivity contribution is 7.88. The maximum atomic E-state index is 12.3. The van der Waals surface area contributed by atoms with Crippen molar-refractivity contribution in [2.75, 3.05) is 6.54 Å². The van der Waals surface area contributed by atoms with E-state index in [1.54, 1.807) is 30.3 Å². The highest BCUT2D eigenvalue weighted by atomic mass is 32.2. The number of benzene rings is 1. The van der Waals surface area contributed by atoms with Crippen molar-refractivity contribution in [3.8, 4) is 0 Å². The molecule has 98 valence electrons. The van der Waals surface area contributed by atoms with E-state index >= 15 is 0 Å². The summed E-state index contributed by atoms with van der Waals surface area (Å²) in [7, 11) is -3.97. The Hall–Kier alpha value is -1.40. The average molecular weight is 270 g/mol. The molecule has 1 unspecified atom stereocenters. The van der Waals surface area contributed by atoms with Crippen LogP contribution in [0.5, 0.6) is 0 Å². The fraction of sp³-hybridized carbons (Fsp3) is 0.417. The smallest absolute Gasteiger partial charge is 0.322 e. The lowest BCUT2D eigenvalue weighted by atomic mass is 10.2. The van der Waals surface area contributed by atoms with Crippen LogP contribution in [-0.2, 0) is 20.5 Å². The van der Waals surface area contributed by atoms with Gasteiger partial charge in [-0.2, -0.15) is 4.31 Å². The summed E-state index contributed by atoms with van der Waals surface area (Å²) in [5, 5.41) is 9.03. The number of carbonyl (C=O) groups is 1. The van der Waals surface area contributed by atoms with Crippen LogP contribution < -0.4 is 0 Å². The molecule has 1 aromatic carbocycles. The van der Waals surface area contributed by atoms with Gasteiger partial charge in [-0.3, -0.25) is 4.79 Å². The van der Waals surface area contributed by atoms with Crippen molar-refractivity contribution in [2.45, 2.75) is 24.6 Å².